The summed E-state index contributed by atoms with van der Waals surface area (Å²) in [6.07, 6.45) is 0. The summed E-state index contributed by atoms with van der Waals surface area (Å²) in [6, 6.07) is 4.23. The minimum Gasteiger partial charge on any atom is -0.480 e. The highest BCUT2D eigenvalue weighted by Gasteiger charge is 2.12. The van der Waals surface area contributed by atoms with Gasteiger partial charge in [-0.2, -0.15) is 8.42 Å². The minimum atomic E-state index is -4.30. The van der Waals surface area contributed by atoms with Crippen molar-refractivity contribution >= 4 is 39.1 Å². The van der Waals surface area contributed by atoms with Gasteiger partial charge in [-0.25, -0.2) is 0 Å². The van der Waals surface area contributed by atoms with Crippen LogP contribution >= 0.6 is 12.2 Å². The highest BCUT2D eigenvalue weighted by Crippen LogP contribution is 2.14. The van der Waals surface area contributed by atoms with Crippen molar-refractivity contribution < 1.29 is 22.9 Å². The lowest BCUT2D eigenvalue weighted by Crippen LogP contribution is -2.43. The first-order chi connectivity index (χ1) is 9.20. The molecule has 10 heteroatoms. The van der Waals surface area contributed by atoms with Crippen LogP contribution in [0.15, 0.2) is 29.2 Å². The van der Waals surface area contributed by atoms with Crippen LogP contribution < -0.4 is 16.4 Å². The van der Waals surface area contributed by atoms with Crippen molar-refractivity contribution in [3.05, 3.63) is 24.3 Å². The molecule has 0 fully saturated rings. The lowest BCUT2D eigenvalue weighted by molar-refractivity contribution is -0.138. The van der Waals surface area contributed by atoms with E-state index in [9.17, 15) is 13.2 Å². The quantitative estimate of drug-likeness (QED) is 0.363. The number of anilines is 1. The largest absolute Gasteiger partial charge is 0.480 e. The lowest BCUT2D eigenvalue weighted by atomic mass is 10.3. The fraction of sp³-hybridized carbons (Fsp3) is 0.200. The zero-order chi connectivity index (χ0) is 15.3. The van der Waals surface area contributed by atoms with E-state index in [1.807, 2.05) is 0 Å². The maximum atomic E-state index is 11.0. The number of nitrogens with one attached hydrogen (secondary N) is 2. The van der Waals surface area contributed by atoms with E-state index in [0.29, 0.717) is 5.69 Å². The molecule has 0 aliphatic carbocycles. The summed E-state index contributed by atoms with van der Waals surface area (Å²) in [7, 11) is -4.30. The second-order valence-electron chi connectivity index (χ2n) is 3.78. The van der Waals surface area contributed by atoms with E-state index in [1.165, 1.54) is 24.3 Å². The average Bonchev–Trinajstić information content (AvgIpc) is 2.35. The van der Waals surface area contributed by atoms with Gasteiger partial charge in [-0.05, 0) is 30.4 Å². The first-order valence-corrected chi connectivity index (χ1v) is 7.16. The molecular weight excluding hydrogens is 306 g/mol. The predicted octanol–water partition coefficient (Wildman–Crippen LogP) is -0.368. The Morgan fingerprint density at radius 3 is 2.65 bits per heavy atom. The van der Waals surface area contributed by atoms with Crippen molar-refractivity contribution in [1.82, 2.24) is 5.32 Å². The molecule has 1 atom stereocenters. The van der Waals surface area contributed by atoms with Crippen LogP contribution in [0.5, 0.6) is 0 Å². The van der Waals surface area contributed by atoms with Gasteiger partial charge < -0.3 is 21.5 Å². The second kappa shape index (κ2) is 6.61. The summed E-state index contributed by atoms with van der Waals surface area (Å²) in [5, 5.41) is 13.9. The molecule has 8 nitrogen and oxygen atoms in total. The van der Waals surface area contributed by atoms with Gasteiger partial charge in [0.2, 0.25) is 0 Å². The van der Waals surface area contributed by atoms with Crippen molar-refractivity contribution in [3.8, 4) is 0 Å². The Morgan fingerprint density at radius 1 is 1.45 bits per heavy atom. The van der Waals surface area contributed by atoms with Crippen LogP contribution in [0.4, 0.5) is 5.69 Å². The Bertz CT molecular complexity index is 617. The summed E-state index contributed by atoms with van der Waals surface area (Å²) >= 11 is 4.90. The van der Waals surface area contributed by atoms with Gasteiger partial charge in [-0.3, -0.25) is 9.35 Å². The highest BCUT2D eigenvalue weighted by molar-refractivity contribution is 7.85. The molecule has 1 rings (SSSR count). The normalized spacial score (nSPS) is 12.5. The maximum absolute atomic E-state index is 11.0. The summed E-state index contributed by atoms with van der Waals surface area (Å²) in [4.78, 5) is 10.2. The lowest BCUT2D eigenvalue weighted by Gasteiger charge is -2.12. The van der Waals surface area contributed by atoms with Gasteiger partial charge in [0.15, 0.2) is 5.11 Å². The molecule has 0 bridgehead atoms. The van der Waals surface area contributed by atoms with Crippen LogP contribution in [-0.4, -0.2) is 41.7 Å². The van der Waals surface area contributed by atoms with Crippen LogP contribution in [0.1, 0.15) is 0 Å². The van der Waals surface area contributed by atoms with Gasteiger partial charge in [0.25, 0.3) is 10.1 Å². The molecule has 110 valence electrons. The van der Waals surface area contributed by atoms with E-state index in [2.05, 4.69) is 10.6 Å². The Hall–Kier alpha value is -1.75. The van der Waals surface area contributed by atoms with Gasteiger partial charge in [-0.1, -0.05) is 6.07 Å². The number of carboxylic acid groups (broad SMARTS) is 1. The van der Waals surface area contributed by atoms with Crippen molar-refractivity contribution in [2.24, 2.45) is 5.73 Å². The SMILES string of the molecule is NC(CNC(=S)Nc1cccc(S(=O)(=O)O)c1)C(=O)O. The third-order valence-electron chi connectivity index (χ3n) is 2.19. The maximum Gasteiger partial charge on any atom is 0.322 e. The van der Waals surface area contributed by atoms with Crippen LogP contribution in [0.3, 0.4) is 0 Å². The Balaban J connectivity index is 2.65. The van der Waals surface area contributed by atoms with Crippen LogP contribution in [0.25, 0.3) is 0 Å². The van der Waals surface area contributed by atoms with E-state index in [-0.39, 0.29) is 16.6 Å². The summed E-state index contributed by atoms with van der Waals surface area (Å²) in [6.45, 7) is -0.0842. The average molecular weight is 319 g/mol. The van der Waals surface area contributed by atoms with Gasteiger partial charge in [0.1, 0.15) is 6.04 Å². The number of carboxylic acids is 1. The number of benzene rings is 1. The van der Waals surface area contributed by atoms with E-state index >= 15 is 0 Å². The standard InChI is InChI=1S/C10H13N3O5S2/c11-8(9(14)15)5-12-10(19)13-6-2-1-3-7(4-6)20(16,17)18/h1-4,8H,5,11H2,(H,14,15)(H2,12,13,19)(H,16,17,18). The Kier molecular flexibility index (Phi) is 5.39. The summed E-state index contributed by atoms with van der Waals surface area (Å²) < 4.78 is 30.8. The van der Waals surface area contributed by atoms with Crippen LogP contribution in [0, 0.1) is 0 Å². The molecule has 0 heterocycles. The number of carbonyl (C=O) groups is 1. The number of nitrogens with two attached hydrogens (primary N) is 1. The van der Waals surface area contributed by atoms with E-state index in [1.54, 1.807) is 0 Å². The van der Waals surface area contributed by atoms with Gasteiger partial charge in [-0.15, -0.1) is 0 Å². The second-order valence-corrected chi connectivity index (χ2v) is 5.61. The molecule has 0 radical (unpaired) electrons. The van der Waals surface area contributed by atoms with Crippen molar-refractivity contribution in [2.45, 2.75) is 10.9 Å². The molecule has 0 amide bonds. The highest BCUT2D eigenvalue weighted by atomic mass is 32.2. The molecule has 1 unspecified atom stereocenters. The van der Waals surface area contributed by atoms with E-state index in [0.717, 1.165) is 0 Å². The summed E-state index contributed by atoms with van der Waals surface area (Å²) in [5.74, 6) is -1.17. The molecule has 0 saturated heterocycles. The summed E-state index contributed by atoms with van der Waals surface area (Å²) in [5.41, 5.74) is 5.60. The number of hydrogen-bond acceptors (Lipinski definition) is 5. The fourth-order valence-corrected chi connectivity index (χ4v) is 1.93. The first kappa shape index (κ1) is 16.3. The third-order valence-corrected chi connectivity index (χ3v) is 3.29. The third kappa shape index (κ3) is 5.09. The molecule has 0 saturated carbocycles. The molecule has 20 heavy (non-hydrogen) atoms. The molecular formula is C10H13N3O5S2. The topological polar surface area (TPSA) is 142 Å². The Labute approximate surface area is 120 Å². The van der Waals surface area contributed by atoms with E-state index in [4.69, 9.17) is 27.6 Å². The molecule has 6 N–H and O–H groups in total. The predicted molar refractivity (Wildman–Crippen MR) is 76.1 cm³/mol. The monoisotopic (exact) mass is 319 g/mol. The molecule has 1 aromatic carbocycles. The van der Waals surface area contributed by atoms with Gasteiger partial charge in [0.05, 0.1) is 4.90 Å². The van der Waals surface area contributed by atoms with Crippen molar-refractivity contribution in [1.29, 1.82) is 0 Å². The molecule has 1 aromatic rings. The first-order valence-electron chi connectivity index (χ1n) is 5.31. The smallest absolute Gasteiger partial charge is 0.322 e. The molecule has 0 spiro atoms. The molecule has 0 aliphatic rings. The van der Waals surface area contributed by atoms with Gasteiger partial charge in [0, 0.05) is 12.2 Å². The number of hydrogen-bond donors (Lipinski definition) is 5. The van der Waals surface area contributed by atoms with Crippen molar-refractivity contribution in [3.63, 3.8) is 0 Å². The fourth-order valence-electron chi connectivity index (χ4n) is 1.20. The van der Waals surface area contributed by atoms with E-state index < -0.39 is 22.1 Å². The molecule has 0 aliphatic heterocycles. The van der Waals surface area contributed by atoms with Gasteiger partial charge >= 0.3 is 5.97 Å². The van der Waals surface area contributed by atoms with Crippen LogP contribution in [0.2, 0.25) is 0 Å². The number of rotatable bonds is 5. The number of aliphatic carboxylic acids is 1. The zero-order valence-corrected chi connectivity index (χ0v) is 11.7. The zero-order valence-electron chi connectivity index (χ0n) is 10.1. The van der Waals surface area contributed by atoms with Crippen molar-refractivity contribution in [2.75, 3.05) is 11.9 Å². The molecule has 0 aromatic heterocycles. The van der Waals surface area contributed by atoms with Crippen LogP contribution in [-0.2, 0) is 14.9 Å². The Morgan fingerprint density at radius 2 is 2.10 bits per heavy atom. The number of thiocarbonyl (C=S) groups is 1. The minimum absolute atomic E-state index is 0.0780.